The number of nitrogens with one attached hydrogen (secondary N) is 2. The van der Waals surface area contributed by atoms with E-state index < -0.39 is 11.8 Å². The van der Waals surface area contributed by atoms with Crippen LogP contribution in [0.3, 0.4) is 0 Å². The summed E-state index contributed by atoms with van der Waals surface area (Å²) in [6.07, 6.45) is 1.44. The van der Waals surface area contributed by atoms with E-state index in [1.807, 2.05) is 30.3 Å². The highest BCUT2D eigenvalue weighted by molar-refractivity contribution is 7.21. The number of hydrogen-bond acceptors (Lipinski definition) is 4. The largest absolute Gasteiger partial charge is 0.342 e. The molecule has 2 N–H and O–H groups in total. The third kappa shape index (κ3) is 4.22. The van der Waals surface area contributed by atoms with E-state index in [2.05, 4.69) is 15.8 Å². The number of hydrazone groups is 1. The monoisotopic (exact) mass is 405 g/mol. The minimum atomic E-state index is -0.459. The Morgan fingerprint density at radius 2 is 1.81 bits per heavy atom. The van der Waals surface area contributed by atoms with Gasteiger partial charge in [0.2, 0.25) is 0 Å². The van der Waals surface area contributed by atoms with E-state index in [1.54, 1.807) is 18.2 Å². The molecule has 0 unspecified atom stereocenters. The van der Waals surface area contributed by atoms with Crippen LogP contribution in [0.1, 0.15) is 15.2 Å². The lowest BCUT2D eigenvalue weighted by molar-refractivity contribution is -0.120. The first-order valence-electron chi connectivity index (χ1n) is 7.58. The van der Waals surface area contributed by atoms with Crippen molar-refractivity contribution < 1.29 is 9.59 Å². The molecular weight excluding hydrogens is 393 g/mol. The predicted molar refractivity (Wildman–Crippen MR) is 106 cm³/mol. The van der Waals surface area contributed by atoms with Crippen molar-refractivity contribution in [3.63, 3.8) is 0 Å². The SMILES string of the molecule is O=C(CNC(=O)c1sc2ccccc2c1Cl)N/N=C\c1ccccc1Cl. The van der Waals surface area contributed by atoms with E-state index >= 15 is 0 Å². The van der Waals surface area contributed by atoms with Crippen LogP contribution in [0, 0.1) is 0 Å². The van der Waals surface area contributed by atoms with E-state index in [0.29, 0.717) is 20.5 Å². The van der Waals surface area contributed by atoms with Gasteiger partial charge >= 0.3 is 0 Å². The van der Waals surface area contributed by atoms with Crippen LogP contribution in [0.25, 0.3) is 10.1 Å². The number of halogens is 2. The van der Waals surface area contributed by atoms with Crippen LogP contribution in [-0.4, -0.2) is 24.6 Å². The van der Waals surface area contributed by atoms with Crippen molar-refractivity contribution in [3.8, 4) is 0 Å². The molecule has 0 bridgehead atoms. The van der Waals surface area contributed by atoms with Gasteiger partial charge in [0.15, 0.2) is 0 Å². The van der Waals surface area contributed by atoms with Gasteiger partial charge in [-0.05, 0) is 12.1 Å². The van der Waals surface area contributed by atoms with Crippen LogP contribution in [-0.2, 0) is 4.79 Å². The molecule has 0 atom stereocenters. The lowest BCUT2D eigenvalue weighted by atomic mass is 10.2. The van der Waals surface area contributed by atoms with E-state index in [0.717, 1.165) is 10.1 Å². The molecule has 1 heterocycles. The van der Waals surface area contributed by atoms with E-state index in [4.69, 9.17) is 23.2 Å². The Morgan fingerprint density at radius 1 is 1.08 bits per heavy atom. The summed E-state index contributed by atoms with van der Waals surface area (Å²) in [5.41, 5.74) is 3.01. The van der Waals surface area contributed by atoms with Crippen LogP contribution in [0.15, 0.2) is 53.6 Å². The third-order valence-corrected chi connectivity index (χ3v) is 5.47. The summed E-state index contributed by atoms with van der Waals surface area (Å²) in [7, 11) is 0. The second-order valence-electron chi connectivity index (χ2n) is 5.24. The van der Waals surface area contributed by atoms with Gasteiger partial charge in [-0.15, -0.1) is 11.3 Å². The first-order chi connectivity index (χ1) is 12.6. The van der Waals surface area contributed by atoms with Gasteiger partial charge < -0.3 is 5.32 Å². The molecule has 2 amide bonds. The number of thiophene rings is 1. The molecule has 0 spiro atoms. The van der Waals surface area contributed by atoms with E-state index in [9.17, 15) is 9.59 Å². The van der Waals surface area contributed by atoms with E-state index in [-0.39, 0.29) is 6.54 Å². The fourth-order valence-electron chi connectivity index (χ4n) is 2.19. The molecule has 132 valence electrons. The molecule has 0 aliphatic carbocycles. The predicted octanol–water partition coefficient (Wildman–Crippen LogP) is 4.09. The van der Waals surface area contributed by atoms with Crippen molar-refractivity contribution in [1.82, 2.24) is 10.7 Å². The molecule has 0 saturated carbocycles. The summed E-state index contributed by atoms with van der Waals surface area (Å²) in [4.78, 5) is 24.4. The summed E-state index contributed by atoms with van der Waals surface area (Å²) >= 11 is 13.5. The number of fused-ring (bicyclic) bond motifs is 1. The molecule has 3 aromatic rings. The topological polar surface area (TPSA) is 70.6 Å². The van der Waals surface area contributed by atoms with Gasteiger partial charge in [-0.3, -0.25) is 9.59 Å². The number of rotatable bonds is 5. The summed E-state index contributed by atoms with van der Waals surface area (Å²) in [6.45, 7) is -0.219. The smallest absolute Gasteiger partial charge is 0.263 e. The molecule has 26 heavy (non-hydrogen) atoms. The molecule has 0 fully saturated rings. The Morgan fingerprint density at radius 3 is 2.58 bits per heavy atom. The van der Waals surface area contributed by atoms with Gasteiger partial charge in [-0.1, -0.05) is 59.6 Å². The van der Waals surface area contributed by atoms with E-state index in [1.165, 1.54) is 17.6 Å². The van der Waals surface area contributed by atoms with Crippen molar-refractivity contribution in [1.29, 1.82) is 0 Å². The Labute approximate surface area is 163 Å². The van der Waals surface area contributed by atoms with Gasteiger partial charge in [0, 0.05) is 20.7 Å². The molecule has 0 aliphatic heterocycles. The Kier molecular flexibility index (Phi) is 5.88. The van der Waals surface area contributed by atoms with Gasteiger partial charge in [-0.25, -0.2) is 5.43 Å². The summed E-state index contributed by atoms with van der Waals surface area (Å²) in [5.74, 6) is -0.861. The van der Waals surface area contributed by atoms with Crippen molar-refractivity contribution >= 4 is 62.7 Å². The van der Waals surface area contributed by atoms with Crippen molar-refractivity contribution in [2.45, 2.75) is 0 Å². The Bertz CT molecular complexity index is 1000. The van der Waals surface area contributed by atoms with Crippen LogP contribution in [0.5, 0.6) is 0 Å². The summed E-state index contributed by atoms with van der Waals surface area (Å²) < 4.78 is 0.913. The average Bonchev–Trinajstić information content (AvgIpc) is 2.98. The minimum absolute atomic E-state index is 0.219. The number of hydrogen-bond donors (Lipinski definition) is 2. The molecule has 2 aromatic carbocycles. The first-order valence-corrected chi connectivity index (χ1v) is 9.15. The third-order valence-electron chi connectivity index (χ3n) is 3.45. The number of carbonyl (C=O) groups excluding carboxylic acids is 2. The number of nitrogens with zero attached hydrogens (tertiary/aromatic N) is 1. The first kappa shape index (κ1) is 18.4. The normalized spacial score (nSPS) is 11.0. The standard InChI is InChI=1S/C18H13Cl2N3O2S/c19-13-7-3-1-5-11(13)9-22-23-15(24)10-21-18(25)17-16(20)12-6-2-4-8-14(12)26-17/h1-9H,10H2,(H,21,25)(H,23,24)/b22-9-. The second kappa shape index (κ2) is 8.31. The molecular formula is C18H13Cl2N3O2S. The highest BCUT2D eigenvalue weighted by Gasteiger charge is 2.17. The van der Waals surface area contributed by atoms with Crippen molar-refractivity contribution in [2.75, 3.05) is 6.54 Å². The summed E-state index contributed by atoms with van der Waals surface area (Å²) in [5, 5.41) is 8.09. The van der Waals surface area contributed by atoms with Crippen LogP contribution in [0.2, 0.25) is 10.0 Å². The van der Waals surface area contributed by atoms with Crippen LogP contribution < -0.4 is 10.7 Å². The maximum atomic E-state index is 12.3. The van der Waals surface area contributed by atoms with Crippen LogP contribution >= 0.6 is 34.5 Å². The minimum Gasteiger partial charge on any atom is -0.342 e. The number of amides is 2. The highest BCUT2D eigenvalue weighted by Crippen LogP contribution is 2.34. The quantitative estimate of drug-likeness (QED) is 0.495. The molecule has 0 saturated heterocycles. The molecule has 3 rings (SSSR count). The van der Waals surface area contributed by atoms with Crippen molar-refractivity contribution in [3.05, 3.63) is 69.0 Å². The zero-order chi connectivity index (χ0) is 18.5. The molecule has 0 radical (unpaired) electrons. The zero-order valence-corrected chi connectivity index (χ0v) is 15.7. The Hall–Kier alpha value is -2.41. The fourth-order valence-corrected chi connectivity index (χ4v) is 3.81. The maximum Gasteiger partial charge on any atom is 0.263 e. The Balaban J connectivity index is 1.56. The summed E-state index contributed by atoms with van der Waals surface area (Å²) in [6, 6.07) is 14.6. The lowest BCUT2D eigenvalue weighted by Gasteiger charge is -2.03. The fraction of sp³-hybridized carbons (Fsp3) is 0.0556. The zero-order valence-electron chi connectivity index (χ0n) is 13.3. The molecule has 5 nitrogen and oxygen atoms in total. The second-order valence-corrected chi connectivity index (χ2v) is 7.08. The van der Waals surface area contributed by atoms with Gasteiger partial charge in [0.25, 0.3) is 11.8 Å². The lowest BCUT2D eigenvalue weighted by Crippen LogP contribution is -2.34. The van der Waals surface area contributed by atoms with Crippen molar-refractivity contribution in [2.24, 2.45) is 5.10 Å². The van der Waals surface area contributed by atoms with Gasteiger partial charge in [0.05, 0.1) is 17.8 Å². The van der Waals surface area contributed by atoms with Crippen LogP contribution in [0.4, 0.5) is 0 Å². The van der Waals surface area contributed by atoms with Gasteiger partial charge in [-0.2, -0.15) is 5.10 Å². The molecule has 0 aliphatic rings. The molecule has 8 heteroatoms. The van der Waals surface area contributed by atoms with Gasteiger partial charge in [0.1, 0.15) is 4.88 Å². The number of carbonyl (C=O) groups is 2. The average molecular weight is 406 g/mol. The maximum absolute atomic E-state index is 12.3. The molecule has 1 aromatic heterocycles. The highest BCUT2D eigenvalue weighted by atomic mass is 35.5. The number of benzene rings is 2.